The summed E-state index contributed by atoms with van der Waals surface area (Å²) >= 11 is 0. The van der Waals surface area contributed by atoms with Gasteiger partial charge in [-0.15, -0.1) is 0 Å². The van der Waals surface area contributed by atoms with Crippen molar-refractivity contribution in [2.24, 2.45) is 0 Å². The van der Waals surface area contributed by atoms with Crippen LogP contribution in [0.5, 0.6) is 0 Å². The highest BCUT2D eigenvalue weighted by atomic mass is 16.2. The normalized spacial score (nSPS) is 22.6. The molecule has 0 N–H and O–H groups in total. The van der Waals surface area contributed by atoms with Gasteiger partial charge in [-0.25, -0.2) is 0 Å². The van der Waals surface area contributed by atoms with Crippen LogP contribution in [0.1, 0.15) is 124 Å². The zero-order valence-electron chi connectivity index (χ0n) is 32.3. The van der Waals surface area contributed by atoms with E-state index in [4.69, 9.17) is 0 Å². The Kier molecular flexibility index (Phi) is 10.4. The highest BCUT2D eigenvalue weighted by Gasteiger charge is 2.66. The summed E-state index contributed by atoms with van der Waals surface area (Å²) in [4.78, 5) is 39.1. The van der Waals surface area contributed by atoms with Gasteiger partial charge in [0, 0.05) is 26.2 Å². The van der Waals surface area contributed by atoms with E-state index in [1.54, 1.807) is 0 Å². The van der Waals surface area contributed by atoms with Crippen molar-refractivity contribution >= 4 is 11.6 Å². The SMILES string of the molecule is CC(C)c1ccc(CN2C3C(=O)C4N(Cc5ccc(C(C)C)cc5)C2C(=O)C(N3Cc2ccc(C(C)C)cc2)N4Cc2ccc(C(C)C)cc2)cc1. The van der Waals surface area contributed by atoms with E-state index in [1.165, 1.54) is 22.3 Å². The average molecular weight is 697 g/mol. The molecular formula is C46H56N4O2. The molecular weight excluding hydrogens is 641 g/mol. The number of rotatable bonds is 12. The lowest BCUT2D eigenvalue weighted by Crippen LogP contribution is -2.88. The second-order valence-electron chi connectivity index (χ2n) is 16.6. The number of hydrogen-bond acceptors (Lipinski definition) is 6. The van der Waals surface area contributed by atoms with Crippen LogP contribution in [0.2, 0.25) is 0 Å². The molecule has 0 unspecified atom stereocenters. The molecule has 4 aliphatic heterocycles. The summed E-state index contributed by atoms with van der Waals surface area (Å²) in [5, 5.41) is 0. The molecule has 4 heterocycles. The number of ketones is 2. The third kappa shape index (κ3) is 6.94. The maximum absolute atomic E-state index is 15.2. The molecule has 0 aromatic heterocycles. The summed E-state index contributed by atoms with van der Waals surface area (Å²) in [6, 6.07) is 34.9. The number of hydrogen-bond donors (Lipinski definition) is 0. The average Bonchev–Trinajstić information content (AvgIpc) is 3.11. The Morgan fingerprint density at radius 1 is 0.346 bits per heavy atom. The van der Waals surface area contributed by atoms with Gasteiger partial charge in [0.2, 0.25) is 0 Å². The minimum atomic E-state index is -0.508. The minimum Gasteiger partial charge on any atom is -0.293 e. The van der Waals surface area contributed by atoms with Crippen molar-refractivity contribution in [2.75, 3.05) is 0 Å². The summed E-state index contributed by atoms with van der Waals surface area (Å²) in [7, 11) is 0. The number of benzene rings is 4. The number of carbonyl (C=O) groups is 2. The van der Waals surface area contributed by atoms with E-state index in [0.717, 1.165) is 22.3 Å². The summed E-state index contributed by atoms with van der Waals surface area (Å²) < 4.78 is 0. The van der Waals surface area contributed by atoms with Gasteiger partial charge in [-0.2, -0.15) is 0 Å². The van der Waals surface area contributed by atoms with Gasteiger partial charge >= 0.3 is 0 Å². The summed E-state index contributed by atoms with van der Waals surface area (Å²) in [5.74, 6) is 2.02. The first-order valence-electron chi connectivity index (χ1n) is 19.4. The fourth-order valence-corrected chi connectivity index (χ4v) is 8.44. The second kappa shape index (κ2) is 14.8. The quantitative estimate of drug-likeness (QED) is 0.147. The standard InChI is InChI=1S/C46H56N4O2/c1-29(2)37-17-9-33(10-18-37)25-47-43-41(51)46-49(27-35-13-21-39(22-14-35)31(5)6)44(47)42(52)45(48(43)26-34-11-19-38(20-12-34)30(3)4)50(46)28-36-15-23-40(24-16-36)32(7)8/h9-24,29-32,43-46H,25-28H2,1-8H3. The lowest BCUT2D eigenvalue weighted by atomic mass is 9.87. The van der Waals surface area contributed by atoms with E-state index in [9.17, 15) is 0 Å². The Morgan fingerprint density at radius 2 is 0.519 bits per heavy atom. The Labute approximate surface area is 311 Å². The van der Waals surface area contributed by atoms with E-state index < -0.39 is 24.7 Å². The van der Waals surface area contributed by atoms with Gasteiger partial charge in [-0.05, 0) is 68.2 Å². The Hall–Kier alpha value is -3.94. The fraction of sp³-hybridized carbons (Fsp3) is 0.435. The molecule has 4 aromatic carbocycles. The van der Waals surface area contributed by atoms with Crippen molar-refractivity contribution in [1.29, 1.82) is 0 Å². The van der Waals surface area contributed by atoms with Crippen LogP contribution in [-0.2, 0) is 35.8 Å². The number of carbonyl (C=O) groups excluding carboxylic acids is 2. The largest absolute Gasteiger partial charge is 0.293 e. The number of Topliss-reactive ketones (excluding diaryl/α,β-unsaturated/α-hetero) is 2. The molecule has 0 spiro atoms. The zero-order chi connectivity index (χ0) is 36.8. The lowest BCUT2D eigenvalue weighted by molar-refractivity contribution is -0.252. The van der Waals surface area contributed by atoms with Gasteiger partial charge in [-0.3, -0.25) is 29.2 Å². The number of nitrogens with zero attached hydrogens (tertiary/aromatic N) is 4. The van der Waals surface area contributed by atoms with Crippen LogP contribution in [0.25, 0.3) is 0 Å². The molecule has 52 heavy (non-hydrogen) atoms. The topological polar surface area (TPSA) is 47.1 Å². The lowest BCUT2D eigenvalue weighted by Gasteiger charge is -2.66. The van der Waals surface area contributed by atoms with Crippen LogP contribution in [-0.4, -0.2) is 55.8 Å². The summed E-state index contributed by atoms with van der Waals surface area (Å²) in [6.07, 6.45) is -2.03. The predicted octanol–water partition coefficient (Wildman–Crippen LogP) is 8.97. The Balaban J connectivity index is 1.30. The Bertz CT molecular complexity index is 1570. The van der Waals surface area contributed by atoms with E-state index in [0.29, 0.717) is 49.9 Å². The van der Waals surface area contributed by atoms with Crippen molar-refractivity contribution in [3.63, 3.8) is 0 Å². The van der Waals surface area contributed by atoms with Crippen LogP contribution in [0.4, 0.5) is 0 Å². The summed E-state index contributed by atoms with van der Waals surface area (Å²) in [5.41, 5.74) is 9.59. The van der Waals surface area contributed by atoms with Crippen molar-refractivity contribution < 1.29 is 9.59 Å². The van der Waals surface area contributed by atoms with Crippen LogP contribution in [0.15, 0.2) is 97.1 Å². The van der Waals surface area contributed by atoms with Gasteiger partial charge in [0.15, 0.2) is 11.6 Å². The maximum Gasteiger partial charge on any atom is 0.196 e. The first kappa shape index (κ1) is 36.4. The first-order chi connectivity index (χ1) is 24.9. The zero-order valence-corrected chi connectivity index (χ0v) is 32.3. The molecule has 6 nitrogen and oxygen atoms in total. The van der Waals surface area contributed by atoms with Crippen LogP contribution < -0.4 is 0 Å². The van der Waals surface area contributed by atoms with Crippen LogP contribution >= 0.6 is 0 Å². The van der Waals surface area contributed by atoms with Gasteiger partial charge in [0.05, 0.1) is 0 Å². The predicted molar refractivity (Wildman–Crippen MR) is 209 cm³/mol. The maximum atomic E-state index is 15.2. The third-order valence-corrected chi connectivity index (χ3v) is 11.6. The van der Waals surface area contributed by atoms with Crippen molar-refractivity contribution in [3.05, 3.63) is 142 Å². The van der Waals surface area contributed by atoms with Crippen LogP contribution in [0.3, 0.4) is 0 Å². The monoisotopic (exact) mass is 696 g/mol. The summed E-state index contributed by atoms with van der Waals surface area (Å²) in [6.45, 7) is 19.7. The van der Waals surface area contributed by atoms with E-state index in [-0.39, 0.29) is 11.6 Å². The van der Waals surface area contributed by atoms with Gasteiger partial charge < -0.3 is 0 Å². The molecule has 4 saturated heterocycles. The van der Waals surface area contributed by atoms with E-state index in [1.807, 2.05) is 0 Å². The molecule has 6 heteroatoms. The van der Waals surface area contributed by atoms with Crippen molar-refractivity contribution in [2.45, 2.75) is 130 Å². The smallest absolute Gasteiger partial charge is 0.196 e. The molecule has 0 saturated carbocycles. The molecule has 4 bridgehead atoms. The minimum absolute atomic E-state index is 0.148. The molecule has 0 atom stereocenters. The second-order valence-corrected chi connectivity index (χ2v) is 16.6. The van der Waals surface area contributed by atoms with E-state index in [2.05, 4.69) is 172 Å². The molecule has 4 aromatic rings. The molecule has 4 fully saturated rings. The van der Waals surface area contributed by atoms with Crippen molar-refractivity contribution in [3.8, 4) is 0 Å². The van der Waals surface area contributed by atoms with E-state index >= 15 is 9.59 Å². The fourth-order valence-electron chi connectivity index (χ4n) is 8.44. The Morgan fingerprint density at radius 3 is 0.673 bits per heavy atom. The molecule has 8 rings (SSSR count). The molecule has 272 valence electrons. The van der Waals surface area contributed by atoms with Gasteiger partial charge in [-0.1, -0.05) is 152 Å². The molecule has 0 aliphatic carbocycles. The van der Waals surface area contributed by atoms with Gasteiger partial charge in [0.1, 0.15) is 24.7 Å². The van der Waals surface area contributed by atoms with Gasteiger partial charge in [0.25, 0.3) is 0 Å². The molecule has 0 radical (unpaired) electrons. The van der Waals surface area contributed by atoms with Crippen molar-refractivity contribution in [1.82, 2.24) is 19.6 Å². The highest BCUT2D eigenvalue weighted by molar-refractivity contribution is 6.00. The third-order valence-electron chi connectivity index (χ3n) is 11.6. The molecule has 4 aliphatic rings. The first-order valence-corrected chi connectivity index (χ1v) is 19.4. The highest BCUT2D eigenvalue weighted by Crippen LogP contribution is 2.44. The van der Waals surface area contributed by atoms with Crippen LogP contribution in [0, 0.1) is 0 Å². The molecule has 0 amide bonds.